The van der Waals surface area contributed by atoms with Gasteiger partial charge in [0.25, 0.3) is 11.4 Å². The van der Waals surface area contributed by atoms with Gasteiger partial charge in [0, 0.05) is 22.4 Å². The molecule has 1 radical (unpaired) electrons. The van der Waals surface area contributed by atoms with Crippen LogP contribution in [0.15, 0.2) is 0 Å². The Bertz CT molecular complexity index is 46.8. The Kier molecular flexibility index (Phi) is 83.4. The molecular formula is H5AuNa3O3S. The molecule has 0 aromatic rings. The molecule has 0 fully saturated rings. The largest absolute Gasteiger partial charge is 1.00 e. The van der Waals surface area contributed by atoms with E-state index in [9.17, 15) is 0 Å². The fourth-order valence-corrected chi connectivity index (χ4v) is 0. The molecule has 0 bridgehead atoms. The van der Waals surface area contributed by atoms with Crippen molar-refractivity contribution in [3.05, 3.63) is 0 Å². The van der Waals surface area contributed by atoms with Crippen molar-refractivity contribution >= 4 is 11.4 Å². The molecule has 8 heavy (non-hydrogen) atoms. The fraction of sp³-hybridized carbons (Fsp3) is 0. The van der Waals surface area contributed by atoms with E-state index in [0.717, 1.165) is 0 Å². The van der Waals surface area contributed by atoms with Gasteiger partial charge in [-0.15, -0.1) is 0 Å². The first kappa shape index (κ1) is 29.8. The van der Waals surface area contributed by atoms with Crippen LogP contribution in [0.2, 0.25) is 0 Å². The molecule has 0 amide bonds. The van der Waals surface area contributed by atoms with Crippen molar-refractivity contribution in [1.29, 1.82) is 0 Å². The Morgan fingerprint density at radius 2 is 1.12 bits per heavy atom. The Morgan fingerprint density at radius 3 is 1.12 bits per heavy atom. The van der Waals surface area contributed by atoms with E-state index in [2.05, 4.69) is 0 Å². The van der Waals surface area contributed by atoms with Crippen LogP contribution in [0, 0.1) is 0 Å². The van der Waals surface area contributed by atoms with E-state index in [4.69, 9.17) is 13.3 Å². The molecule has 3 nitrogen and oxygen atoms in total. The van der Waals surface area contributed by atoms with Crippen molar-refractivity contribution in [3.63, 3.8) is 0 Å². The predicted molar refractivity (Wildman–Crippen MR) is 16.7 cm³/mol. The van der Waals surface area contributed by atoms with Crippen LogP contribution in [0.1, 0.15) is 4.28 Å². The van der Waals surface area contributed by atoms with Crippen molar-refractivity contribution in [3.8, 4) is 0 Å². The van der Waals surface area contributed by atoms with Crippen LogP contribution in [0.4, 0.5) is 0 Å². The number of rotatable bonds is 0. The summed E-state index contributed by atoms with van der Waals surface area (Å²) in [6.45, 7) is 0. The number of hydrogen-bond acceptors (Lipinski definition) is 1. The molecule has 8 heteroatoms. The van der Waals surface area contributed by atoms with Crippen molar-refractivity contribution < 1.29 is 129 Å². The minimum atomic E-state index is -2.61. The van der Waals surface area contributed by atoms with E-state index in [1.807, 2.05) is 0 Å². The second-order valence-corrected chi connectivity index (χ2v) is 0.692. The zero-order chi connectivity index (χ0) is 3.58. The zero-order valence-corrected chi connectivity index (χ0v) is 14.0. The van der Waals surface area contributed by atoms with Gasteiger partial charge in [0.05, 0.1) is 0 Å². The molecule has 0 saturated heterocycles. The van der Waals surface area contributed by atoms with Crippen LogP contribution in [-0.2, 0) is 33.7 Å². The monoisotopic (exact) mass is 351 g/mol. The second-order valence-electron chi connectivity index (χ2n) is 0.231. The van der Waals surface area contributed by atoms with Crippen LogP contribution in [0.3, 0.4) is 0 Å². The molecule has 0 rings (SSSR count). The van der Waals surface area contributed by atoms with Gasteiger partial charge in [0.2, 0.25) is 0 Å². The maximum Gasteiger partial charge on any atom is 1.00 e. The van der Waals surface area contributed by atoms with Crippen LogP contribution < -0.4 is 88.7 Å². The summed E-state index contributed by atoms with van der Waals surface area (Å²) in [6.07, 6.45) is 0. The Balaban J connectivity index is -0.00000000214. The van der Waals surface area contributed by atoms with Gasteiger partial charge in [-0.05, 0) is 0 Å². The molecule has 0 aliphatic rings. The third-order valence-corrected chi connectivity index (χ3v) is 0. The molecule has 0 aliphatic heterocycles. The molecule has 43 valence electrons. The fourth-order valence-electron chi connectivity index (χ4n) is 0. The summed E-state index contributed by atoms with van der Waals surface area (Å²) in [4.78, 5) is 0. The third-order valence-electron chi connectivity index (χ3n) is 0. The van der Waals surface area contributed by atoms with Crippen LogP contribution in [0.25, 0.3) is 0 Å². The summed E-state index contributed by atoms with van der Waals surface area (Å²) in [7, 11) is 0. The van der Waals surface area contributed by atoms with Gasteiger partial charge in [0.15, 0.2) is 0 Å². The third kappa shape index (κ3) is 52.5. The average Bonchev–Trinajstić information content (AvgIpc) is 0.811. The van der Waals surface area contributed by atoms with Crippen molar-refractivity contribution in [1.82, 2.24) is 0 Å². The summed E-state index contributed by atoms with van der Waals surface area (Å²) in [5.41, 5.74) is 0. The van der Waals surface area contributed by atoms with E-state index in [-0.39, 0.29) is 115 Å². The minimum absolute atomic E-state index is 0. The van der Waals surface area contributed by atoms with E-state index in [0.29, 0.717) is 0 Å². The Hall–Kier alpha value is 3.81. The van der Waals surface area contributed by atoms with Gasteiger partial charge in [-0.3, -0.25) is 9.11 Å². The maximum absolute atomic E-state index is 8.67. The van der Waals surface area contributed by atoms with Gasteiger partial charge in [-0.1, -0.05) is 0 Å². The first-order valence-corrected chi connectivity index (χ1v) is 1.60. The molecule has 0 saturated carbocycles. The smallest absolute Gasteiger partial charge is 1.00 e. The van der Waals surface area contributed by atoms with Gasteiger partial charge in [-0.2, -0.15) is 4.21 Å². The topological polar surface area (TPSA) is 57.5 Å². The summed E-state index contributed by atoms with van der Waals surface area (Å²) < 4.78 is 22.8. The van der Waals surface area contributed by atoms with Crippen molar-refractivity contribution in [2.75, 3.05) is 0 Å². The standard InChI is InChI=1S/Au.3Na.H2O3S.3H/c;;;;1-4(2)3;;;/h;;;;(H2,1,2,3);;;/q;3*+1;;3*-1. The zero-order valence-electron chi connectivity index (χ0n) is 8.01. The quantitative estimate of drug-likeness (QED) is 0.337. The van der Waals surface area contributed by atoms with Crippen LogP contribution in [0.5, 0.6) is 0 Å². The molecule has 0 atom stereocenters. The molecule has 2 N–H and O–H groups in total. The van der Waals surface area contributed by atoms with E-state index in [1.165, 1.54) is 0 Å². The SMILES string of the molecule is O=S(O)O.[Au].[H-].[H-].[H-].[Na+].[Na+].[Na+]. The average molecular weight is 351 g/mol. The van der Waals surface area contributed by atoms with Gasteiger partial charge in [-0.25, -0.2) is 0 Å². The van der Waals surface area contributed by atoms with E-state index >= 15 is 0 Å². The van der Waals surface area contributed by atoms with Crippen molar-refractivity contribution in [2.24, 2.45) is 0 Å². The first-order valence-electron chi connectivity index (χ1n) is 0.532. The summed E-state index contributed by atoms with van der Waals surface area (Å²) in [5, 5.41) is 0. The van der Waals surface area contributed by atoms with Gasteiger partial charge >= 0.3 is 88.7 Å². The van der Waals surface area contributed by atoms with Crippen molar-refractivity contribution in [2.45, 2.75) is 0 Å². The Labute approximate surface area is 137 Å². The second kappa shape index (κ2) is 22.4. The normalized spacial score (nSPS) is 4.38. The maximum atomic E-state index is 8.67. The van der Waals surface area contributed by atoms with Gasteiger partial charge in [0.1, 0.15) is 0 Å². The molecule has 0 spiro atoms. The molecular weight excluding hydrogens is 346 g/mol. The van der Waals surface area contributed by atoms with E-state index < -0.39 is 11.4 Å². The predicted octanol–water partition coefficient (Wildman–Crippen LogP) is -8.97. The summed E-state index contributed by atoms with van der Waals surface area (Å²) >= 11 is -2.61. The van der Waals surface area contributed by atoms with E-state index in [1.54, 1.807) is 0 Å². The number of hydrogen-bond donors (Lipinski definition) is 2. The molecule has 0 unspecified atom stereocenters. The minimum Gasteiger partial charge on any atom is -1.00 e. The molecule has 0 aliphatic carbocycles. The molecule has 0 aromatic heterocycles. The van der Waals surface area contributed by atoms with Crippen LogP contribution in [-0.4, -0.2) is 13.3 Å². The molecule has 0 heterocycles. The summed E-state index contributed by atoms with van der Waals surface area (Å²) in [5.74, 6) is 0. The Morgan fingerprint density at radius 1 is 1.12 bits per heavy atom. The molecule has 0 aromatic carbocycles. The van der Waals surface area contributed by atoms with Crippen LogP contribution >= 0.6 is 0 Å². The summed E-state index contributed by atoms with van der Waals surface area (Å²) in [6, 6.07) is 0. The van der Waals surface area contributed by atoms with Gasteiger partial charge < -0.3 is 4.28 Å². The first-order chi connectivity index (χ1) is 1.73.